The van der Waals surface area contributed by atoms with E-state index in [-0.39, 0.29) is 5.78 Å². The van der Waals surface area contributed by atoms with Gasteiger partial charge in [-0.3, -0.25) is 4.79 Å². The number of ketones is 1. The number of Topliss-reactive ketones (excluding diaryl/α,β-unsaturated/α-hetero) is 1. The molecule has 1 N–H and O–H groups in total. The van der Waals surface area contributed by atoms with E-state index >= 15 is 0 Å². The Labute approximate surface area is 70.6 Å². The zero-order chi connectivity index (χ0) is 9.94. The number of rotatable bonds is 3. The molecule has 0 amide bonds. The Kier molecular flexibility index (Phi) is 3.36. The topological polar surface area (TPSA) is 54.4 Å². The lowest BCUT2D eigenvalue weighted by atomic mass is 9.88. The van der Waals surface area contributed by atoms with Crippen LogP contribution in [0.3, 0.4) is 0 Å². The van der Waals surface area contributed by atoms with Crippen molar-refractivity contribution in [3.05, 3.63) is 0 Å². The van der Waals surface area contributed by atoms with E-state index in [2.05, 4.69) is 0 Å². The van der Waals surface area contributed by atoms with Crippen LogP contribution in [0.1, 0.15) is 27.2 Å². The van der Waals surface area contributed by atoms with Crippen molar-refractivity contribution in [1.29, 1.82) is 0 Å². The quantitative estimate of drug-likeness (QED) is 0.707. The molecule has 0 saturated heterocycles. The first-order valence-electron chi connectivity index (χ1n) is 3.65. The number of alkyl halides is 1. The van der Waals surface area contributed by atoms with Gasteiger partial charge in [0.25, 0.3) is 0 Å². The number of carbonyl (C=O) groups is 2. The number of carbonyl (C=O) groups excluding carboxylic acids is 1. The Morgan fingerprint density at radius 1 is 1.42 bits per heavy atom. The minimum atomic E-state index is -2.07. The maximum atomic E-state index is 12.5. The molecule has 0 spiro atoms. The Balaban J connectivity index is 4.11. The molecular weight excluding hydrogens is 163 g/mol. The van der Waals surface area contributed by atoms with Crippen molar-refractivity contribution >= 4 is 11.8 Å². The smallest absolute Gasteiger partial charge is 0.338 e. The van der Waals surface area contributed by atoms with Crippen molar-refractivity contribution in [2.24, 2.45) is 5.41 Å². The highest BCUT2D eigenvalue weighted by atomic mass is 19.1. The second kappa shape index (κ2) is 3.65. The molecule has 0 saturated carbocycles. The summed E-state index contributed by atoms with van der Waals surface area (Å²) in [6.07, 6.45) is -2.62. The van der Waals surface area contributed by atoms with Crippen LogP contribution >= 0.6 is 0 Å². The predicted molar refractivity (Wildman–Crippen MR) is 41.6 cm³/mol. The lowest BCUT2D eigenvalue weighted by molar-refractivity contribution is -0.145. The highest BCUT2D eigenvalue weighted by Crippen LogP contribution is 2.18. The molecule has 0 aliphatic carbocycles. The van der Waals surface area contributed by atoms with Crippen LogP contribution < -0.4 is 0 Å². The molecule has 3 nitrogen and oxygen atoms in total. The van der Waals surface area contributed by atoms with E-state index in [1.807, 2.05) is 0 Å². The number of halogens is 1. The number of hydrogen-bond acceptors (Lipinski definition) is 2. The van der Waals surface area contributed by atoms with Crippen molar-refractivity contribution in [3.63, 3.8) is 0 Å². The van der Waals surface area contributed by atoms with Gasteiger partial charge in [-0.05, 0) is 0 Å². The zero-order valence-electron chi connectivity index (χ0n) is 7.43. The van der Waals surface area contributed by atoms with Crippen LogP contribution in [0.25, 0.3) is 0 Å². The van der Waals surface area contributed by atoms with Crippen LogP contribution in [0.15, 0.2) is 0 Å². The van der Waals surface area contributed by atoms with Gasteiger partial charge in [0.1, 0.15) is 5.78 Å². The monoisotopic (exact) mass is 176 g/mol. The van der Waals surface area contributed by atoms with Gasteiger partial charge < -0.3 is 5.11 Å². The molecule has 0 aromatic rings. The van der Waals surface area contributed by atoms with Crippen LogP contribution in [0.5, 0.6) is 0 Å². The van der Waals surface area contributed by atoms with E-state index in [4.69, 9.17) is 5.11 Å². The Morgan fingerprint density at radius 2 is 1.83 bits per heavy atom. The molecule has 12 heavy (non-hydrogen) atoms. The Hall–Kier alpha value is -0.930. The van der Waals surface area contributed by atoms with Gasteiger partial charge in [-0.2, -0.15) is 0 Å². The summed E-state index contributed by atoms with van der Waals surface area (Å²) in [4.78, 5) is 21.1. The fourth-order valence-electron chi connectivity index (χ4n) is 0.556. The third kappa shape index (κ3) is 3.46. The van der Waals surface area contributed by atoms with Crippen LogP contribution in [0, 0.1) is 5.41 Å². The summed E-state index contributed by atoms with van der Waals surface area (Å²) < 4.78 is 12.5. The molecule has 0 radical (unpaired) electrons. The van der Waals surface area contributed by atoms with E-state index in [1.54, 1.807) is 20.8 Å². The maximum Gasteiger partial charge on any atom is 0.338 e. The number of aliphatic carboxylic acids is 1. The summed E-state index contributed by atoms with van der Waals surface area (Å²) in [6, 6.07) is 0. The van der Waals surface area contributed by atoms with Gasteiger partial charge >= 0.3 is 5.97 Å². The summed E-state index contributed by atoms with van der Waals surface area (Å²) in [6.45, 7) is 4.89. The van der Waals surface area contributed by atoms with Crippen LogP contribution in [-0.4, -0.2) is 23.0 Å². The van der Waals surface area contributed by atoms with Gasteiger partial charge in [0, 0.05) is 11.8 Å². The fraction of sp³-hybridized carbons (Fsp3) is 0.750. The zero-order valence-corrected chi connectivity index (χ0v) is 7.43. The normalized spacial score (nSPS) is 14.0. The SMILES string of the molecule is CC(C)(C)C(=O)CC(F)C(=O)O. The Bertz CT molecular complexity index is 193. The molecule has 1 unspecified atom stereocenters. The van der Waals surface area contributed by atoms with Gasteiger partial charge in [-0.1, -0.05) is 20.8 Å². The fourth-order valence-corrected chi connectivity index (χ4v) is 0.556. The highest BCUT2D eigenvalue weighted by Gasteiger charge is 2.27. The predicted octanol–water partition coefficient (Wildman–Crippen LogP) is 1.41. The minimum Gasteiger partial charge on any atom is -0.479 e. The van der Waals surface area contributed by atoms with Gasteiger partial charge in [0.15, 0.2) is 0 Å². The standard InChI is InChI=1S/C8H13FO3/c1-8(2,3)6(10)4-5(9)7(11)12/h5H,4H2,1-3H3,(H,11,12). The highest BCUT2D eigenvalue weighted by molar-refractivity contribution is 5.88. The molecule has 0 fully saturated rings. The molecule has 0 heterocycles. The van der Waals surface area contributed by atoms with Crippen molar-refractivity contribution in [3.8, 4) is 0 Å². The summed E-state index contributed by atoms with van der Waals surface area (Å²) in [7, 11) is 0. The number of carboxylic acids is 1. The largest absolute Gasteiger partial charge is 0.479 e. The van der Waals surface area contributed by atoms with Gasteiger partial charge in [-0.25, -0.2) is 9.18 Å². The lowest BCUT2D eigenvalue weighted by Crippen LogP contribution is -2.27. The van der Waals surface area contributed by atoms with E-state index < -0.39 is 24.0 Å². The van der Waals surface area contributed by atoms with Crippen molar-refractivity contribution in [2.45, 2.75) is 33.4 Å². The first kappa shape index (κ1) is 11.1. The third-order valence-corrected chi connectivity index (χ3v) is 1.47. The number of hydrogen-bond donors (Lipinski definition) is 1. The van der Waals surface area contributed by atoms with Crippen LogP contribution in [-0.2, 0) is 9.59 Å². The third-order valence-electron chi connectivity index (χ3n) is 1.47. The van der Waals surface area contributed by atoms with Gasteiger partial charge in [-0.15, -0.1) is 0 Å². The summed E-state index contributed by atoms with van der Waals surface area (Å²) >= 11 is 0. The van der Waals surface area contributed by atoms with E-state index in [0.29, 0.717) is 0 Å². The molecule has 70 valence electrons. The van der Waals surface area contributed by atoms with Crippen LogP contribution in [0.2, 0.25) is 0 Å². The van der Waals surface area contributed by atoms with Gasteiger partial charge in [0.2, 0.25) is 6.17 Å². The van der Waals surface area contributed by atoms with E-state index in [0.717, 1.165) is 0 Å². The van der Waals surface area contributed by atoms with Crippen LogP contribution in [0.4, 0.5) is 4.39 Å². The molecule has 0 aromatic carbocycles. The number of carboxylic acid groups (broad SMARTS) is 1. The van der Waals surface area contributed by atoms with E-state index in [1.165, 1.54) is 0 Å². The van der Waals surface area contributed by atoms with Gasteiger partial charge in [0.05, 0.1) is 0 Å². The average Bonchev–Trinajstić information content (AvgIpc) is 1.85. The molecule has 0 aromatic heterocycles. The second-order valence-electron chi connectivity index (χ2n) is 3.68. The molecule has 1 atom stereocenters. The molecule has 0 aliphatic rings. The maximum absolute atomic E-state index is 12.5. The molecule has 0 bridgehead atoms. The first-order chi connectivity index (χ1) is 5.25. The van der Waals surface area contributed by atoms with Crippen molar-refractivity contribution < 1.29 is 19.1 Å². The summed E-state index contributed by atoms with van der Waals surface area (Å²) in [5.74, 6) is -1.95. The van der Waals surface area contributed by atoms with Crippen molar-refractivity contribution in [2.75, 3.05) is 0 Å². The molecular formula is C8H13FO3. The van der Waals surface area contributed by atoms with E-state index in [9.17, 15) is 14.0 Å². The first-order valence-corrected chi connectivity index (χ1v) is 3.65. The Morgan fingerprint density at radius 3 is 2.08 bits per heavy atom. The molecule has 0 rings (SSSR count). The van der Waals surface area contributed by atoms with Crippen molar-refractivity contribution in [1.82, 2.24) is 0 Å². The molecule has 4 heteroatoms. The lowest BCUT2D eigenvalue weighted by Gasteiger charge is -2.16. The average molecular weight is 176 g/mol. The summed E-state index contributed by atoms with van der Waals surface area (Å²) in [5, 5.41) is 8.17. The summed E-state index contributed by atoms with van der Waals surface area (Å²) in [5.41, 5.74) is -0.667. The second-order valence-corrected chi connectivity index (χ2v) is 3.68. The minimum absolute atomic E-state index is 0.377. The molecule has 0 aliphatic heterocycles.